The van der Waals surface area contributed by atoms with E-state index in [1.807, 2.05) is 6.07 Å². The third kappa shape index (κ3) is 4.16. The zero-order valence-electron chi connectivity index (χ0n) is 16.5. The molecule has 0 spiro atoms. The van der Waals surface area contributed by atoms with Crippen molar-refractivity contribution < 1.29 is 19.1 Å². The van der Waals surface area contributed by atoms with Crippen molar-refractivity contribution in [3.05, 3.63) is 70.4 Å². The van der Waals surface area contributed by atoms with E-state index in [9.17, 15) is 24.3 Å². The van der Waals surface area contributed by atoms with Gasteiger partial charge in [-0.1, -0.05) is 18.2 Å². The number of alkyl halides is 1. The van der Waals surface area contributed by atoms with Crippen LogP contribution in [0.25, 0.3) is 0 Å². The molecule has 1 aliphatic heterocycles. The van der Waals surface area contributed by atoms with Crippen molar-refractivity contribution in [2.24, 2.45) is 5.92 Å². The minimum absolute atomic E-state index is 0.219. The zero-order valence-corrected chi connectivity index (χ0v) is 17.4. The van der Waals surface area contributed by atoms with Gasteiger partial charge in [0.15, 0.2) is 0 Å². The number of nitriles is 2. The van der Waals surface area contributed by atoms with Gasteiger partial charge in [-0.15, -0.1) is 12.6 Å². The molecule has 1 aliphatic rings. The van der Waals surface area contributed by atoms with Gasteiger partial charge in [-0.05, 0) is 42.3 Å². The van der Waals surface area contributed by atoms with Gasteiger partial charge in [0.1, 0.15) is 6.67 Å². The van der Waals surface area contributed by atoms with Crippen LogP contribution in [0.1, 0.15) is 36.0 Å². The lowest BCUT2D eigenvalue weighted by molar-refractivity contribution is -0.141. The summed E-state index contributed by atoms with van der Waals surface area (Å²) < 4.78 is 13.2. The largest absolute Gasteiger partial charge is 0.481 e. The average Bonchev–Trinajstić information content (AvgIpc) is 2.75. The van der Waals surface area contributed by atoms with E-state index in [4.69, 9.17) is 5.26 Å². The number of carboxylic acid groups (broad SMARTS) is 1. The highest BCUT2D eigenvalue weighted by molar-refractivity contribution is 7.80. The topological polar surface area (TPSA) is 105 Å². The van der Waals surface area contributed by atoms with Gasteiger partial charge >= 0.3 is 5.97 Å². The van der Waals surface area contributed by atoms with Crippen LogP contribution in [0.15, 0.2) is 58.6 Å². The molecule has 6 nitrogen and oxygen atoms in total. The number of nitrogens with zero attached hydrogens (tertiary/aromatic N) is 3. The maximum Gasteiger partial charge on any atom is 0.304 e. The van der Waals surface area contributed by atoms with Gasteiger partial charge in [-0.2, -0.15) is 10.5 Å². The van der Waals surface area contributed by atoms with Crippen molar-refractivity contribution in [2.45, 2.75) is 30.8 Å². The summed E-state index contributed by atoms with van der Waals surface area (Å²) in [5, 5.41) is 28.5. The number of aliphatic carboxylic acids is 1. The lowest BCUT2D eigenvalue weighted by Gasteiger charge is -2.38. The number of carbonyl (C=O) groups is 2. The molecule has 156 valence electrons. The van der Waals surface area contributed by atoms with Crippen molar-refractivity contribution in [1.82, 2.24) is 0 Å². The van der Waals surface area contributed by atoms with Crippen molar-refractivity contribution in [3.8, 4) is 12.1 Å². The second-order valence-corrected chi connectivity index (χ2v) is 7.64. The van der Waals surface area contributed by atoms with E-state index in [1.54, 1.807) is 37.3 Å². The maximum atomic E-state index is 13.5. The molecule has 2 atom stereocenters. The molecule has 0 saturated carbocycles. The smallest absolute Gasteiger partial charge is 0.304 e. The number of thiol groups is 1. The van der Waals surface area contributed by atoms with Crippen LogP contribution < -0.4 is 4.90 Å². The Kier molecular flexibility index (Phi) is 6.43. The average molecular weight is 435 g/mol. The molecule has 8 heteroatoms. The van der Waals surface area contributed by atoms with Gasteiger partial charge in [0.05, 0.1) is 35.6 Å². The second-order valence-electron chi connectivity index (χ2n) is 7.16. The van der Waals surface area contributed by atoms with Crippen molar-refractivity contribution in [1.29, 1.82) is 10.5 Å². The van der Waals surface area contributed by atoms with Gasteiger partial charge < -0.3 is 5.11 Å². The Labute approximate surface area is 184 Å². The molecule has 2 aromatic rings. The molecule has 0 fully saturated rings. The molecule has 3 rings (SSSR count). The predicted molar refractivity (Wildman–Crippen MR) is 114 cm³/mol. The second kappa shape index (κ2) is 9.03. The minimum atomic E-state index is -1.19. The van der Waals surface area contributed by atoms with E-state index < -0.39 is 36.8 Å². The van der Waals surface area contributed by atoms with Crippen LogP contribution in [-0.2, 0) is 16.3 Å². The van der Waals surface area contributed by atoms with Gasteiger partial charge in [0.2, 0.25) is 5.91 Å². The number of carboxylic acids is 1. The standard InChI is InChI=1S/C23H18FN3O3S/c1-13-19(12-26)22(17-6-5-15(11-25)8-20(17)31)18(9-21(28)29)23(30)27(13)16-4-2-3-14(7-16)10-24/h2-8,18,22,31H,9-10H2,1H3,(H,28,29)/t18?,22-/m0/s1. The highest BCUT2D eigenvalue weighted by Crippen LogP contribution is 2.45. The lowest BCUT2D eigenvalue weighted by atomic mass is 9.74. The zero-order chi connectivity index (χ0) is 22.7. The Morgan fingerprint density at radius 3 is 2.55 bits per heavy atom. The third-order valence-electron chi connectivity index (χ3n) is 5.31. The van der Waals surface area contributed by atoms with Crippen LogP contribution in [0.2, 0.25) is 0 Å². The van der Waals surface area contributed by atoms with Crippen LogP contribution >= 0.6 is 12.6 Å². The summed E-state index contributed by atoms with van der Waals surface area (Å²) in [7, 11) is 0. The molecular formula is C23H18FN3O3S. The van der Waals surface area contributed by atoms with Gasteiger partial charge in [-0.25, -0.2) is 4.39 Å². The number of benzene rings is 2. The molecule has 31 heavy (non-hydrogen) atoms. The Hall–Kier alpha value is -3.62. The summed E-state index contributed by atoms with van der Waals surface area (Å²) >= 11 is 4.42. The quantitative estimate of drug-likeness (QED) is 0.680. The first kappa shape index (κ1) is 22.1. The number of amides is 1. The molecule has 0 aromatic heterocycles. The molecule has 1 unspecified atom stereocenters. The number of hydrogen-bond donors (Lipinski definition) is 2. The van der Waals surface area contributed by atoms with Crippen LogP contribution in [0.3, 0.4) is 0 Å². The molecule has 0 radical (unpaired) electrons. The fourth-order valence-corrected chi connectivity index (χ4v) is 4.26. The summed E-state index contributed by atoms with van der Waals surface area (Å²) in [4.78, 5) is 26.8. The van der Waals surface area contributed by atoms with Gasteiger partial charge in [0, 0.05) is 22.2 Å². The van der Waals surface area contributed by atoms with Crippen LogP contribution in [0.5, 0.6) is 0 Å². The van der Waals surface area contributed by atoms with Crippen molar-refractivity contribution >= 4 is 30.2 Å². The molecule has 0 aliphatic carbocycles. The molecule has 1 amide bonds. The highest BCUT2D eigenvalue weighted by Gasteiger charge is 2.44. The van der Waals surface area contributed by atoms with Gasteiger partial charge in [-0.3, -0.25) is 14.5 Å². The molecule has 1 N–H and O–H groups in total. The maximum absolute atomic E-state index is 13.5. The fraction of sp³-hybridized carbons (Fsp3) is 0.217. The van der Waals surface area contributed by atoms with E-state index >= 15 is 0 Å². The monoisotopic (exact) mass is 435 g/mol. The Bertz CT molecular complexity index is 1180. The fourth-order valence-electron chi connectivity index (χ4n) is 3.91. The Morgan fingerprint density at radius 2 is 1.97 bits per heavy atom. The number of carbonyl (C=O) groups excluding carboxylic acids is 1. The minimum Gasteiger partial charge on any atom is -0.481 e. The predicted octanol–water partition coefficient (Wildman–Crippen LogP) is 4.34. The van der Waals surface area contributed by atoms with Crippen molar-refractivity contribution in [2.75, 3.05) is 4.90 Å². The van der Waals surface area contributed by atoms with E-state index in [-0.39, 0.29) is 5.57 Å². The molecule has 2 aromatic carbocycles. The summed E-state index contributed by atoms with van der Waals surface area (Å²) in [6, 6.07) is 15.1. The molecule has 1 heterocycles. The van der Waals surface area contributed by atoms with E-state index in [1.165, 1.54) is 17.0 Å². The number of rotatable bonds is 5. The van der Waals surface area contributed by atoms with Crippen LogP contribution in [0, 0.1) is 28.6 Å². The molecule has 0 saturated heterocycles. The summed E-state index contributed by atoms with van der Waals surface area (Å²) in [6.07, 6.45) is -0.505. The Morgan fingerprint density at radius 1 is 1.23 bits per heavy atom. The number of halogens is 1. The normalized spacial score (nSPS) is 18.5. The third-order valence-corrected chi connectivity index (χ3v) is 5.70. The lowest BCUT2D eigenvalue weighted by Crippen LogP contribution is -2.44. The van der Waals surface area contributed by atoms with Crippen molar-refractivity contribution in [3.63, 3.8) is 0 Å². The van der Waals surface area contributed by atoms with Crippen LogP contribution in [0.4, 0.5) is 10.1 Å². The highest BCUT2D eigenvalue weighted by atomic mass is 32.1. The summed E-state index contributed by atoms with van der Waals surface area (Å²) in [5.74, 6) is -3.61. The SMILES string of the molecule is CC1=C(C#N)[C@@H](c2ccc(C#N)cc2S)C(CC(=O)O)C(=O)N1c1cccc(CF)c1. The first-order chi connectivity index (χ1) is 14.8. The number of anilines is 1. The number of hydrogen-bond acceptors (Lipinski definition) is 5. The first-order valence-electron chi connectivity index (χ1n) is 9.36. The van der Waals surface area contributed by atoms with E-state index in [0.29, 0.717) is 33.0 Å². The molecular weight excluding hydrogens is 417 g/mol. The Balaban J connectivity index is 2.24. The first-order valence-corrected chi connectivity index (χ1v) is 9.81. The van der Waals surface area contributed by atoms with E-state index in [0.717, 1.165) is 0 Å². The molecule has 0 bridgehead atoms. The van der Waals surface area contributed by atoms with E-state index in [2.05, 4.69) is 18.7 Å². The summed E-state index contributed by atoms with van der Waals surface area (Å²) in [6.45, 7) is 0.879. The van der Waals surface area contributed by atoms with Crippen LogP contribution in [-0.4, -0.2) is 17.0 Å². The summed E-state index contributed by atoms with van der Waals surface area (Å²) in [5.41, 5.74) is 2.14. The van der Waals surface area contributed by atoms with Gasteiger partial charge in [0.25, 0.3) is 0 Å². The number of allylic oxidation sites excluding steroid dienone is 2.